The highest BCUT2D eigenvalue weighted by Crippen LogP contribution is 2.42. The lowest BCUT2D eigenvalue weighted by Gasteiger charge is -2.42. The largest absolute Gasteiger partial charge is 0.330 e. The molecule has 0 aromatic carbocycles. The minimum atomic E-state index is 0.407. The molecule has 1 heterocycles. The Morgan fingerprint density at radius 2 is 2.11 bits per heavy atom. The van der Waals surface area contributed by atoms with Crippen LogP contribution in [0.15, 0.2) is 12.4 Å². The number of hydrogen-bond donors (Lipinski definition) is 1. The molecule has 3 unspecified atom stereocenters. The Hall–Kier alpha value is -0.830. The van der Waals surface area contributed by atoms with Gasteiger partial charge in [0.05, 0.1) is 6.04 Å². The van der Waals surface area contributed by atoms with Crippen LogP contribution in [-0.2, 0) is 6.42 Å². The van der Waals surface area contributed by atoms with E-state index in [-0.39, 0.29) is 0 Å². The Morgan fingerprint density at radius 1 is 1.37 bits per heavy atom. The van der Waals surface area contributed by atoms with Gasteiger partial charge < -0.3 is 9.88 Å². The molecule has 0 bridgehead atoms. The third-order valence-electron chi connectivity index (χ3n) is 4.83. The van der Waals surface area contributed by atoms with Crippen molar-refractivity contribution in [2.75, 3.05) is 7.05 Å². The van der Waals surface area contributed by atoms with Crippen LogP contribution in [0.5, 0.6) is 0 Å². The zero-order valence-electron chi connectivity index (χ0n) is 13.1. The van der Waals surface area contributed by atoms with Gasteiger partial charge in [-0.1, -0.05) is 27.7 Å². The summed E-state index contributed by atoms with van der Waals surface area (Å²) in [6.07, 6.45) is 9.00. The number of aryl methyl sites for hydroxylation is 1. The van der Waals surface area contributed by atoms with E-state index in [0.29, 0.717) is 17.5 Å². The van der Waals surface area contributed by atoms with Gasteiger partial charge in [0.25, 0.3) is 0 Å². The van der Waals surface area contributed by atoms with Crippen LogP contribution in [0.1, 0.15) is 58.8 Å². The van der Waals surface area contributed by atoms with Crippen molar-refractivity contribution < 1.29 is 0 Å². The van der Waals surface area contributed by atoms with E-state index in [9.17, 15) is 0 Å². The van der Waals surface area contributed by atoms with Gasteiger partial charge >= 0.3 is 0 Å². The molecule has 0 spiro atoms. The topological polar surface area (TPSA) is 29.9 Å². The summed E-state index contributed by atoms with van der Waals surface area (Å²) in [6, 6.07) is 1.14. The molecule has 1 saturated carbocycles. The highest BCUT2D eigenvalue weighted by molar-refractivity contribution is 5.00. The maximum absolute atomic E-state index is 4.50. The van der Waals surface area contributed by atoms with Crippen LogP contribution in [0, 0.1) is 11.3 Å². The predicted octanol–water partition coefficient (Wildman–Crippen LogP) is 3.42. The first-order chi connectivity index (χ1) is 8.97. The second kappa shape index (κ2) is 5.66. The van der Waals surface area contributed by atoms with Crippen LogP contribution in [0.2, 0.25) is 0 Å². The highest BCUT2D eigenvalue weighted by Gasteiger charge is 2.36. The summed E-state index contributed by atoms with van der Waals surface area (Å²) in [7, 11) is 2.09. The van der Waals surface area contributed by atoms with Gasteiger partial charge in [0.15, 0.2) is 0 Å². The monoisotopic (exact) mass is 263 g/mol. The van der Waals surface area contributed by atoms with Crippen molar-refractivity contribution in [2.24, 2.45) is 11.3 Å². The third kappa shape index (κ3) is 3.02. The average molecular weight is 263 g/mol. The van der Waals surface area contributed by atoms with E-state index in [4.69, 9.17) is 0 Å². The normalized spacial score (nSPS) is 28.6. The Morgan fingerprint density at radius 3 is 2.68 bits per heavy atom. The Labute approximate surface area is 117 Å². The van der Waals surface area contributed by atoms with Gasteiger partial charge in [0.2, 0.25) is 0 Å². The van der Waals surface area contributed by atoms with Crippen LogP contribution in [-0.4, -0.2) is 22.6 Å². The van der Waals surface area contributed by atoms with Crippen molar-refractivity contribution in [3.63, 3.8) is 0 Å². The SMILES string of the molecule is CCc1nccn1C1CC(C(C)(C)C)CCC1NC. The van der Waals surface area contributed by atoms with Crippen molar-refractivity contribution in [3.8, 4) is 0 Å². The molecule has 19 heavy (non-hydrogen) atoms. The molecule has 0 amide bonds. The minimum absolute atomic E-state index is 0.407. The second-order valence-electron chi connectivity index (χ2n) is 6.94. The van der Waals surface area contributed by atoms with Crippen LogP contribution in [0.25, 0.3) is 0 Å². The molecule has 1 fully saturated rings. The summed E-state index contributed by atoms with van der Waals surface area (Å²) < 4.78 is 2.42. The summed E-state index contributed by atoms with van der Waals surface area (Å²) >= 11 is 0. The van der Waals surface area contributed by atoms with Crippen LogP contribution >= 0.6 is 0 Å². The standard InChI is InChI=1S/C16H29N3/c1-6-15-18-9-10-19(15)14-11-12(16(2,3)4)7-8-13(14)17-5/h9-10,12-14,17H,6-8,11H2,1-5H3. The van der Waals surface area contributed by atoms with E-state index in [0.717, 1.165) is 12.3 Å². The number of aromatic nitrogens is 2. The fourth-order valence-corrected chi connectivity index (χ4v) is 3.50. The Bertz CT molecular complexity index is 402. The molecule has 3 heteroatoms. The molecule has 3 atom stereocenters. The molecule has 0 radical (unpaired) electrons. The van der Waals surface area contributed by atoms with Gasteiger partial charge in [-0.25, -0.2) is 4.98 Å². The second-order valence-corrected chi connectivity index (χ2v) is 6.94. The molecule has 1 aromatic heterocycles. The molecule has 3 nitrogen and oxygen atoms in total. The van der Waals surface area contributed by atoms with Crippen molar-refractivity contribution in [3.05, 3.63) is 18.2 Å². The smallest absolute Gasteiger partial charge is 0.108 e. The molecular weight excluding hydrogens is 234 g/mol. The van der Waals surface area contributed by atoms with Crippen LogP contribution in [0.3, 0.4) is 0 Å². The predicted molar refractivity (Wildman–Crippen MR) is 80.3 cm³/mol. The van der Waals surface area contributed by atoms with Crippen LogP contribution < -0.4 is 5.32 Å². The van der Waals surface area contributed by atoms with Crippen LogP contribution in [0.4, 0.5) is 0 Å². The molecule has 1 N–H and O–H groups in total. The summed E-state index contributed by atoms with van der Waals surface area (Å²) in [5.74, 6) is 2.02. The first-order valence-electron chi connectivity index (χ1n) is 7.66. The first-order valence-corrected chi connectivity index (χ1v) is 7.66. The van der Waals surface area contributed by atoms with Gasteiger partial charge in [-0.05, 0) is 37.6 Å². The van der Waals surface area contributed by atoms with E-state index in [2.05, 4.69) is 55.8 Å². The molecule has 1 aliphatic rings. The van der Waals surface area contributed by atoms with E-state index in [1.807, 2.05) is 6.20 Å². The van der Waals surface area contributed by atoms with Gasteiger partial charge in [0, 0.05) is 24.9 Å². The molecule has 1 aromatic rings. The first kappa shape index (κ1) is 14.6. The van der Waals surface area contributed by atoms with Crippen molar-refractivity contribution in [1.82, 2.24) is 14.9 Å². The quantitative estimate of drug-likeness (QED) is 0.905. The van der Waals surface area contributed by atoms with E-state index in [1.54, 1.807) is 0 Å². The van der Waals surface area contributed by atoms with Gasteiger partial charge in [0.1, 0.15) is 5.82 Å². The number of imidazole rings is 1. The minimum Gasteiger partial charge on any atom is -0.330 e. The Kier molecular flexibility index (Phi) is 4.34. The van der Waals surface area contributed by atoms with E-state index in [1.165, 1.54) is 25.1 Å². The average Bonchev–Trinajstić information content (AvgIpc) is 2.85. The fraction of sp³-hybridized carbons (Fsp3) is 0.812. The molecule has 108 valence electrons. The molecule has 0 saturated heterocycles. The summed E-state index contributed by atoms with van der Waals surface area (Å²) in [6.45, 7) is 9.33. The number of rotatable bonds is 3. The molecular formula is C16H29N3. The lowest BCUT2D eigenvalue weighted by atomic mass is 9.69. The fourth-order valence-electron chi connectivity index (χ4n) is 3.50. The number of nitrogens with one attached hydrogen (secondary N) is 1. The molecule has 2 rings (SSSR count). The van der Waals surface area contributed by atoms with Gasteiger partial charge in [-0.15, -0.1) is 0 Å². The van der Waals surface area contributed by atoms with E-state index < -0.39 is 0 Å². The lowest BCUT2D eigenvalue weighted by molar-refractivity contribution is 0.119. The zero-order chi connectivity index (χ0) is 14.0. The van der Waals surface area contributed by atoms with Crippen molar-refractivity contribution in [1.29, 1.82) is 0 Å². The van der Waals surface area contributed by atoms with E-state index >= 15 is 0 Å². The lowest BCUT2D eigenvalue weighted by Crippen LogP contribution is -2.42. The zero-order valence-corrected chi connectivity index (χ0v) is 13.1. The summed E-state index contributed by atoms with van der Waals surface area (Å²) in [4.78, 5) is 4.50. The number of nitrogens with zero attached hydrogens (tertiary/aromatic N) is 2. The van der Waals surface area contributed by atoms with Crippen molar-refractivity contribution in [2.45, 2.75) is 65.5 Å². The third-order valence-corrected chi connectivity index (χ3v) is 4.83. The molecule has 0 aliphatic heterocycles. The maximum atomic E-state index is 4.50. The maximum Gasteiger partial charge on any atom is 0.108 e. The van der Waals surface area contributed by atoms with Crippen molar-refractivity contribution >= 4 is 0 Å². The van der Waals surface area contributed by atoms with Gasteiger partial charge in [-0.2, -0.15) is 0 Å². The number of hydrogen-bond acceptors (Lipinski definition) is 2. The Balaban J connectivity index is 2.23. The highest BCUT2D eigenvalue weighted by atomic mass is 15.1. The number of likely N-dealkylation sites (N-methyl/N-ethyl adjacent to an activating group) is 1. The molecule has 1 aliphatic carbocycles. The summed E-state index contributed by atoms with van der Waals surface area (Å²) in [5, 5.41) is 3.52. The van der Waals surface area contributed by atoms with Gasteiger partial charge in [-0.3, -0.25) is 0 Å². The summed E-state index contributed by atoms with van der Waals surface area (Å²) in [5.41, 5.74) is 0.407.